The number of fused-ring (bicyclic) bond motifs is 2. The Labute approximate surface area is 359 Å². The summed E-state index contributed by atoms with van der Waals surface area (Å²) in [4.78, 5) is 98.7. The number of aromatic nitrogens is 8. The molecule has 60 heavy (non-hydrogen) atoms. The van der Waals surface area contributed by atoms with Crippen LogP contribution in [0.4, 0.5) is 5.95 Å². The van der Waals surface area contributed by atoms with Gasteiger partial charge in [0.05, 0.1) is 13.2 Å². The van der Waals surface area contributed by atoms with Gasteiger partial charge in [0.1, 0.15) is 41.4 Å². The van der Waals surface area contributed by atoms with Crippen LogP contribution in [-0.2, 0) is 45.4 Å². The highest BCUT2D eigenvalue weighted by Crippen LogP contribution is 2.66. The van der Waals surface area contributed by atoms with Crippen molar-refractivity contribution in [2.24, 2.45) is 0 Å². The minimum absolute atomic E-state index is 0.0108. The number of rotatable bonds is 12. The van der Waals surface area contributed by atoms with Gasteiger partial charge < -0.3 is 70.0 Å². The number of nitrogens with one attached hydrogen (secondary N) is 2. The van der Waals surface area contributed by atoms with Crippen LogP contribution in [0, 0.1) is 14.6 Å². The van der Waals surface area contributed by atoms with Crippen molar-refractivity contribution in [3.05, 3.63) is 34.2 Å². The molecule has 0 saturated carbocycles. The molecular formula is C23H33I2N9O22P4. The van der Waals surface area contributed by atoms with E-state index in [0.717, 1.165) is 6.92 Å². The first-order valence-corrected chi connectivity index (χ1v) is 24.1. The molecule has 0 aliphatic carbocycles. The molecule has 2 aliphatic rings. The number of aryl methyl sites for hydroxylation is 1. The van der Waals surface area contributed by atoms with Crippen molar-refractivity contribution in [2.75, 3.05) is 18.9 Å². The molecule has 6 heterocycles. The molecule has 31 nitrogen and oxygen atoms in total. The minimum atomic E-state index is -5.74. The van der Waals surface area contributed by atoms with Gasteiger partial charge >= 0.3 is 31.3 Å². The number of aliphatic hydroxyl groups excluding tert-OH is 2. The van der Waals surface area contributed by atoms with E-state index in [9.17, 15) is 58.1 Å². The molecule has 4 aromatic rings. The third-order valence-electron chi connectivity index (χ3n) is 8.35. The van der Waals surface area contributed by atoms with Gasteiger partial charge in [-0.2, -0.15) is 13.6 Å². The molecule has 2 saturated heterocycles. The number of imidazole rings is 2. The highest BCUT2D eigenvalue weighted by molar-refractivity contribution is 14.1. The van der Waals surface area contributed by atoms with Gasteiger partial charge in [-0.15, -0.1) is 0 Å². The van der Waals surface area contributed by atoms with Crippen molar-refractivity contribution in [3.63, 3.8) is 0 Å². The molecule has 0 bridgehead atoms. The Hall–Kier alpha value is -1.76. The molecule has 37 heteroatoms. The van der Waals surface area contributed by atoms with Crippen LogP contribution in [0.15, 0.2) is 9.59 Å². The van der Waals surface area contributed by atoms with E-state index in [0.29, 0.717) is 0 Å². The van der Waals surface area contributed by atoms with Gasteiger partial charge in [-0.25, -0.2) is 33.2 Å². The van der Waals surface area contributed by atoms with Crippen LogP contribution in [0.25, 0.3) is 22.3 Å². The fraction of sp³-hybridized carbons (Fsp3) is 0.565. The largest absolute Gasteiger partial charge is 0.490 e. The topological polar surface area (TPSA) is 479 Å². The highest BCUT2D eigenvalue weighted by Gasteiger charge is 2.56. The zero-order valence-electron chi connectivity index (χ0n) is 30.1. The fourth-order valence-electron chi connectivity index (χ4n) is 5.80. The Kier molecular flexibility index (Phi) is 14.2. The Bertz CT molecular complexity index is 2610. The van der Waals surface area contributed by atoms with Gasteiger partial charge in [0.2, 0.25) is 5.95 Å². The molecule has 336 valence electrons. The van der Waals surface area contributed by atoms with Crippen LogP contribution in [0.1, 0.15) is 32.1 Å². The smallest absolute Gasteiger partial charge is 0.387 e. The average molecular weight is 1170 g/mol. The quantitative estimate of drug-likeness (QED) is 0.0407. The maximum Gasteiger partial charge on any atom is 0.490 e. The molecule has 4 aromatic heterocycles. The van der Waals surface area contributed by atoms with E-state index in [4.69, 9.17) is 34.8 Å². The Morgan fingerprint density at radius 3 is 1.60 bits per heavy atom. The van der Waals surface area contributed by atoms with Crippen molar-refractivity contribution in [3.8, 4) is 0 Å². The number of phosphoric ester groups is 2. The number of aliphatic hydroxyl groups is 4. The first kappa shape index (κ1) is 49.3. The summed E-state index contributed by atoms with van der Waals surface area (Å²) < 4.78 is 74.9. The number of hydrogen-bond acceptors (Lipinski definition) is 21. The Morgan fingerprint density at radius 2 is 1.15 bits per heavy atom. The number of ether oxygens (including phenoxy) is 2. The summed E-state index contributed by atoms with van der Waals surface area (Å²) in [6.07, 6.45) is -8.82. The number of nitrogens with two attached hydrogens (primary N) is 1. The monoisotopic (exact) mass is 1160 g/mol. The SMILES string of the molecule is C[C@]1(O)C(n2c(I)nc3c(=O)[nH]c(N)nc32)O[C@H](COP(=O)(O)O)[C@H]1O.Cc1nc2c(nc(I)n2C2O[C@H](COP(=O)(O)OP(=O)(O)OP(=O)(O)O)[C@@H](O)[C@@]2(C)O)c(=O)[nH]1. The average Bonchev–Trinajstić information content (AvgIpc) is 3.71. The maximum absolute atomic E-state index is 12.2. The van der Waals surface area contributed by atoms with E-state index >= 15 is 0 Å². The van der Waals surface area contributed by atoms with Gasteiger partial charge in [0.15, 0.2) is 42.4 Å². The molecule has 6 rings (SSSR count). The second-order valence-electron chi connectivity index (χ2n) is 13.0. The molecule has 0 radical (unpaired) electrons. The lowest BCUT2D eigenvalue weighted by Gasteiger charge is -2.27. The predicted octanol–water partition coefficient (Wildman–Crippen LogP) is -2.19. The molecule has 0 amide bonds. The van der Waals surface area contributed by atoms with Crippen LogP contribution in [-0.4, -0.2) is 138 Å². The second kappa shape index (κ2) is 17.3. The predicted molar refractivity (Wildman–Crippen MR) is 210 cm³/mol. The van der Waals surface area contributed by atoms with Gasteiger partial charge in [-0.05, 0) is 20.8 Å². The Balaban J connectivity index is 0.000000236. The van der Waals surface area contributed by atoms with Gasteiger partial charge in [0.25, 0.3) is 11.1 Å². The van der Waals surface area contributed by atoms with Gasteiger partial charge in [-0.3, -0.25) is 32.8 Å². The summed E-state index contributed by atoms with van der Waals surface area (Å²) in [6.45, 7) is 2.25. The lowest BCUT2D eigenvalue weighted by atomic mass is 9.96. The molecule has 14 N–H and O–H groups in total. The van der Waals surface area contributed by atoms with Crippen molar-refractivity contribution < 1.29 is 95.2 Å². The summed E-state index contributed by atoms with van der Waals surface area (Å²) in [5, 5.41) is 42.4. The van der Waals surface area contributed by atoms with Crippen LogP contribution >= 0.6 is 76.5 Å². The van der Waals surface area contributed by atoms with Crippen molar-refractivity contribution in [2.45, 2.75) is 68.8 Å². The summed E-state index contributed by atoms with van der Waals surface area (Å²) in [5.74, 6) is 0.0390. The Morgan fingerprint density at radius 1 is 0.717 bits per heavy atom. The maximum atomic E-state index is 12.2. The van der Waals surface area contributed by atoms with E-state index in [2.05, 4.69) is 47.6 Å². The van der Waals surface area contributed by atoms with Crippen LogP contribution in [0.2, 0.25) is 0 Å². The molecule has 10 atom stereocenters. The minimum Gasteiger partial charge on any atom is -0.387 e. The summed E-state index contributed by atoms with van der Waals surface area (Å²) in [5.41, 5.74) is 0.291. The number of phosphoric acid groups is 4. The number of H-pyrrole nitrogens is 2. The van der Waals surface area contributed by atoms with E-state index in [1.807, 2.05) is 0 Å². The normalized spacial score (nSPS) is 29.4. The number of nitrogens with zero attached hydrogens (tertiary/aromatic N) is 6. The van der Waals surface area contributed by atoms with Gasteiger partial charge in [0, 0.05) is 45.2 Å². The van der Waals surface area contributed by atoms with E-state index < -0.39 is 104 Å². The number of hydrogen-bond donors (Lipinski definition) is 13. The lowest BCUT2D eigenvalue weighted by Crippen LogP contribution is -2.44. The first-order chi connectivity index (χ1) is 27.2. The van der Waals surface area contributed by atoms with Crippen LogP contribution in [0.3, 0.4) is 0 Å². The second-order valence-corrected chi connectivity index (χ2v) is 20.6. The highest BCUT2D eigenvalue weighted by atomic mass is 127. The zero-order chi connectivity index (χ0) is 45.3. The number of nitrogen functional groups attached to an aromatic ring is 1. The third kappa shape index (κ3) is 10.8. The van der Waals surface area contributed by atoms with Crippen molar-refractivity contribution in [1.82, 2.24) is 39.0 Å². The van der Waals surface area contributed by atoms with Crippen LogP contribution < -0.4 is 16.9 Å². The summed E-state index contributed by atoms with van der Waals surface area (Å²) in [7, 11) is -21.6. The van der Waals surface area contributed by atoms with Gasteiger partial charge in [-0.1, -0.05) is 0 Å². The fourth-order valence-corrected chi connectivity index (χ4v) is 10.6. The lowest BCUT2D eigenvalue weighted by molar-refractivity contribution is -0.0960. The third-order valence-corrected chi connectivity index (χ3v) is 14.2. The standard InChI is InChI=1S/C12H18IN4O14P3.C11H15IN5O8P/c1-4-14-8-6(9(19)15-4)16-11(13)17(8)10-12(2,20)7(18)5(29-10)3-28-33(24,25)31-34(26,27)30-32(21,22)23;1-11(20)5(18)3(2-24-26(21,22)23)25-8(11)17-6-4(14-9(17)12)7(19)16-10(13)15-6/h5,7,10,18,20H,3H2,1-2H3,(H,24,25)(H,26,27)(H,14,15,19)(H2,21,22,23);3,5,8,18,20H,2H2,1H3,(H2,21,22,23)(H3,13,15,16,19)/t5-,7-,10?,12-;3-,5-,8?,11-/m11/s1. The molecule has 0 spiro atoms. The van der Waals surface area contributed by atoms with Crippen molar-refractivity contribution in [1.29, 1.82) is 0 Å². The van der Waals surface area contributed by atoms with E-state index in [-0.39, 0.29) is 41.8 Å². The van der Waals surface area contributed by atoms with E-state index in [1.54, 1.807) is 45.2 Å². The number of halogens is 2. The first-order valence-electron chi connectivity index (χ1n) is 15.9. The van der Waals surface area contributed by atoms with Crippen LogP contribution in [0.5, 0.6) is 0 Å². The molecular weight excluding hydrogens is 1130 g/mol. The molecule has 2 aliphatic heterocycles. The van der Waals surface area contributed by atoms with E-state index in [1.165, 1.54) is 23.0 Å². The molecule has 0 aromatic carbocycles. The molecule has 4 unspecified atom stereocenters. The number of aromatic amines is 2. The summed E-state index contributed by atoms with van der Waals surface area (Å²) in [6, 6.07) is 0. The molecule has 2 fully saturated rings. The van der Waals surface area contributed by atoms with Crippen molar-refractivity contribution >= 4 is 105 Å². The zero-order valence-corrected chi connectivity index (χ0v) is 37.9. The number of anilines is 1. The summed E-state index contributed by atoms with van der Waals surface area (Å²) >= 11 is 3.52.